The Kier molecular flexibility index (Phi) is 2.44. The van der Waals surface area contributed by atoms with Gasteiger partial charge in [0.25, 0.3) is 0 Å². The van der Waals surface area contributed by atoms with Crippen molar-refractivity contribution in [2.75, 3.05) is 6.61 Å². The second-order valence-corrected chi connectivity index (χ2v) is 3.91. The molecule has 0 radical (unpaired) electrons. The number of rotatable bonds is 2. The van der Waals surface area contributed by atoms with E-state index in [0.29, 0.717) is 0 Å². The van der Waals surface area contributed by atoms with Gasteiger partial charge in [0.15, 0.2) is 0 Å². The molecule has 4 nitrogen and oxygen atoms in total. The number of aryl methyl sites for hydroxylation is 2. The summed E-state index contributed by atoms with van der Waals surface area (Å²) in [4.78, 5) is 8.59. The van der Waals surface area contributed by atoms with Gasteiger partial charge in [-0.25, -0.2) is 9.97 Å². The molecule has 0 amide bonds. The van der Waals surface area contributed by atoms with Gasteiger partial charge < -0.3 is 9.67 Å². The summed E-state index contributed by atoms with van der Waals surface area (Å²) in [7, 11) is 0. The van der Waals surface area contributed by atoms with Crippen molar-refractivity contribution in [3.63, 3.8) is 0 Å². The minimum atomic E-state index is 0.0514. The van der Waals surface area contributed by atoms with E-state index in [2.05, 4.69) is 9.97 Å². The summed E-state index contributed by atoms with van der Waals surface area (Å²) in [5, 5.41) is 10.2. The number of fused-ring (bicyclic) bond motifs is 1. The van der Waals surface area contributed by atoms with Crippen LogP contribution in [0.1, 0.15) is 24.4 Å². The second kappa shape index (κ2) is 3.62. The average molecular weight is 205 g/mol. The fourth-order valence-corrected chi connectivity index (χ4v) is 1.70. The molecule has 0 aliphatic heterocycles. The Morgan fingerprint density at radius 3 is 2.87 bits per heavy atom. The minimum absolute atomic E-state index is 0.0514. The molecule has 0 aliphatic rings. The van der Waals surface area contributed by atoms with Gasteiger partial charge in [0.1, 0.15) is 11.5 Å². The molecule has 2 aromatic rings. The van der Waals surface area contributed by atoms with Gasteiger partial charge in [0, 0.05) is 17.8 Å². The minimum Gasteiger partial charge on any atom is -0.394 e. The smallest absolute Gasteiger partial charge is 0.144 e. The predicted octanol–water partition coefficient (Wildman–Crippen LogP) is 1.60. The number of hydrogen-bond acceptors (Lipinski definition) is 3. The van der Waals surface area contributed by atoms with Crippen LogP contribution in [0.3, 0.4) is 0 Å². The standard InChI is InChI=1S/C11H15N3O/c1-7-5-14(8(2)6-15)11-10(7)4-12-9(3)13-11/h4-5,8,15H,6H2,1-3H3. The molecule has 4 heteroatoms. The molecule has 0 fully saturated rings. The quantitative estimate of drug-likeness (QED) is 0.810. The Hall–Kier alpha value is -1.42. The van der Waals surface area contributed by atoms with Gasteiger partial charge in [-0.3, -0.25) is 0 Å². The maximum Gasteiger partial charge on any atom is 0.144 e. The van der Waals surface area contributed by atoms with Gasteiger partial charge in [-0.15, -0.1) is 0 Å². The first kappa shape index (κ1) is 10.1. The van der Waals surface area contributed by atoms with Crippen LogP contribution < -0.4 is 0 Å². The maximum absolute atomic E-state index is 9.16. The van der Waals surface area contributed by atoms with Gasteiger partial charge in [-0.1, -0.05) is 0 Å². The van der Waals surface area contributed by atoms with Crippen molar-refractivity contribution in [1.29, 1.82) is 0 Å². The summed E-state index contributed by atoms with van der Waals surface area (Å²) in [5.74, 6) is 0.756. The van der Waals surface area contributed by atoms with E-state index in [4.69, 9.17) is 5.11 Å². The van der Waals surface area contributed by atoms with E-state index < -0.39 is 0 Å². The second-order valence-electron chi connectivity index (χ2n) is 3.91. The Bertz CT molecular complexity index is 490. The monoisotopic (exact) mass is 205 g/mol. The Morgan fingerprint density at radius 1 is 1.47 bits per heavy atom. The SMILES string of the molecule is Cc1ncc2c(C)cn(C(C)CO)c2n1. The molecule has 1 unspecified atom stereocenters. The molecule has 0 saturated heterocycles. The molecular weight excluding hydrogens is 190 g/mol. The van der Waals surface area contributed by atoms with Gasteiger partial charge in [0.2, 0.25) is 0 Å². The highest BCUT2D eigenvalue weighted by molar-refractivity contribution is 5.79. The summed E-state index contributed by atoms with van der Waals surface area (Å²) in [6, 6.07) is 0.0514. The molecule has 0 aliphatic carbocycles. The molecule has 1 atom stereocenters. The maximum atomic E-state index is 9.16. The Morgan fingerprint density at radius 2 is 2.20 bits per heavy atom. The lowest BCUT2D eigenvalue weighted by molar-refractivity contribution is 0.241. The van der Waals surface area contributed by atoms with Crippen molar-refractivity contribution < 1.29 is 5.11 Å². The lowest BCUT2D eigenvalue weighted by Gasteiger charge is -2.10. The van der Waals surface area contributed by atoms with E-state index in [1.54, 1.807) is 0 Å². The fourth-order valence-electron chi connectivity index (χ4n) is 1.70. The zero-order valence-corrected chi connectivity index (χ0v) is 9.23. The molecule has 0 bridgehead atoms. The van der Waals surface area contributed by atoms with Gasteiger partial charge in [-0.05, 0) is 26.3 Å². The zero-order chi connectivity index (χ0) is 11.0. The summed E-state index contributed by atoms with van der Waals surface area (Å²) < 4.78 is 2.00. The van der Waals surface area contributed by atoms with Crippen molar-refractivity contribution in [2.45, 2.75) is 26.8 Å². The van der Waals surface area contributed by atoms with E-state index in [-0.39, 0.29) is 12.6 Å². The van der Waals surface area contributed by atoms with E-state index in [9.17, 15) is 0 Å². The van der Waals surface area contributed by atoms with Crippen LogP contribution in [0, 0.1) is 13.8 Å². The third-order valence-corrected chi connectivity index (χ3v) is 2.63. The van der Waals surface area contributed by atoms with Crippen molar-refractivity contribution in [2.24, 2.45) is 0 Å². The van der Waals surface area contributed by atoms with Crippen LogP contribution in [0.2, 0.25) is 0 Å². The first-order valence-electron chi connectivity index (χ1n) is 5.05. The van der Waals surface area contributed by atoms with Crippen LogP contribution in [0.15, 0.2) is 12.4 Å². The normalized spacial score (nSPS) is 13.3. The van der Waals surface area contributed by atoms with E-state index in [0.717, 1.165) is 22.4 Å². The molecule has 80 valence electrons. The van der Waals surface area contributed by atoms with Crippen LogP contribution in [-0.2, 0) is 0 Å². The van der Waals surface area contributed by atoms with E-state index in [1.165, 1.54) is 0 Å². The molecule has 15 heavy (non-hydrogen) atoms. The topological polar surface area (TPSA) is 50.9 Å². The lowest BCUT2D eigenvalue weighted by atomic mass is 10.3. The van der Waals surface area contributed by atoms with Gasteiger partial charge >= 0.3 is 0 Å². The number of hydrogen-bond donors (Lipinski definition) is 1. The van der Waals surface area contributed by atoms with E-state index >= 15 is 0 Å². The highest BCUT2D eigenvalue weighted by Gasteiger charge is 2.11. The highest BCUT2D eigenvalue weighted by atomic mass is 16.3. The van der Waals surface area contributed by atoms with Crippen LogP contribution in [0.4, 0.5) is 0 Å². The van der Waals surface area contributed by atoms with E-state index in [1.807, 2.05) is 37.7 Å². The number of aliphatic hydroxyl groups is 1. The van der Waals surface area contributed by atoms with Crippen LogP contribution >= 0.6 is 0 Å². The fraction of sp³-hybridized carbons (Fsp3) is 0.455. The molecule has 2 rings (SSSR count). The van der Waals surface area contributed by atoms with Crippen LogP contribution in [-0.4, -0.2) is 26.2 Å². The zero-order valence-electron chi connectivity index (χ0n) is 9.23. The number of nitrogens with zero attached hydrogens (tertiary/aromatic N) is 3. The van der Waals surface area contributed by atoms with Crippen molar-refractivity contribution in [1.82, 2.24) is 14.5 Å². The van der Waals surface area contributed by atoms with Crippen molar-refractivity contribution in [3.8, 4) is 0 Å². The van der Waals surface area contributed by atoms with Crippen molar-refractivity contribution in [3.05, 3.63) is 23.8 Å². The summed E-state index contributed by atoms with van der Waals surface area (Å²) >= 11 is 0. The Labute approximate surface area is 88.6 Å². The summed E-state index contributed by atoms with van der Waals surface area (Å²) in [6.07, 6.45) is 3.85. The molecule has 0 spiro atoms. The predicted molar refractivity (Wildman–Crippen MR) is 58.8 cm³/mol. The third kappa shape index (κ3) is 1.61. The summed E-state index contributed by atoms with van der Waals surface area (Å²) in [6.45, 7) is 5.99. The average Bonchev–Trinajstić information content (AvgIpc) is 2.54. The Balaban J connectivity index is 2.69. The van der Waals surface area contributed by atoms with Crippen LogP contribution in [0.25, 0.3) is 11.0 Å². The summed E-state index contributed by atoms with van der Waals surface area (Å²) in [5.41, 5.74) is 2.05. The first-order chi connectivity index (χ1) is 7.13. The van der Waals surface area contributed by atoms with Gasteiger partial charge in [-0.2, -0.15) is 0 Å². The number of aliphatic hydroxyl groups excluding tert-OH is 1. The molecule has 2 heterocycles. The molecule has 1 N–H and O–H groups in total. The molecule has 0 aromatic carbocycles. The number of aromatic nitrogens is 3. The molecular formula is C11H15N3O. The highest BCUT2D eigenvalue weighted by Crippen LogP contribution is 2.21. The van der Waals surface area contributed by atoms with Crippen molar-refractivity contribution >= 4 is 11.0 Å². The lowest BCUT2D eigenvalue weighted by Crippen LogP contribution is -2.08. The first-order valence-corrected chi connectivity index (χ1v) is 5.05. The molecule has 0 saturated carbocycles. The largest absolute Gasteiger partial charge is 0.394 e. The third-order valence-electron chi connectivity index (χ3n) is 2.63. The van der Waals surface area contributed by atoms with Crippen LogP contribution in [0.5, 0.6) is 0 Å². The van der Waals surface area contributed by atoms with Gasteiger partial charge in [0.05, 0.1) is 12.6 Å². The molecule has 2 aromatic heterocycles.